The smallest absolute Gasteiger partial charge is 0.191 e. The molecule has 126 valence electrons. The Labute approximate surface area is 148 Å². The third kappa shape index (κ3) is 8.86. The Morgan fingerprint density at radius 1 is 1.29 bits per heavy atom. The summed E-state index contributed by atoms with van der Waals surface area (Å²) in [5.74, 6) is 1.75. The molecule has 0 aromatic heterocycles. The molecule has 21 heavy (non-hydrogen) atoms. The van der Waals surface area contributed by atoms with Crippen LogP contribution in [0.25, 0.3) is 0 Å². The minimum atomic E-state index is 0. The fourth-order valence-electron chi connectivity index (χ4n) is 2.78. The molecular weight excluding hydrogens is 375 g/mol. The van der Waals surface area contributed by atoms with Crippen LogP contribution in [0, 0.1) is 5.92 Å². The lowest BCUT2D eigenvalue weighted by Crippen LogP contribution is -2.46. The lowest BCUT2D eigenvalue weighted by molar-refractivity contribution is 0.309. The van der Waals surface area contributed by atoms with Gasteiger partial charge in [-0.05, 0) is 45.7 Å². The van der Waals surface area contributed by atoms with E-state index in [9.17, 15) is 0 Å². The lowest BCUT2D eigenvalue weighted by atomic mass is 10.0. The Balaban J connectivity index is 0.00000400. The molecule has 0 spiro atoms. The number of nitrogens with zero attached hydrogens (tertiary/aromatic N) is 2. The first-order valence-corrected chi connectivity index (χ1v) is 8.20. The lowest BCUT2D eigenvalue weighted by Gasteiger charge is -2.23. The van der Waals surface area contributed by atoms with Crippen molar-refractivity contribution in [3.8, 4) is 0 Å². The third-order valence-corrected chi connectivity index (χ3v) is 4.20. The SMILES string of the molecule is CN=C(NCC1CCCN1C)NC(C)CCCC(C)C.I. The van der Waals surface area contributed by atoms with Gasteiger partial charge in [-0.15, -0.1) is 24.0 Å². The minimum absolute atomic E-state index is 0. The number of rotatable bonds is 7. The van der Waals surface area contributed by atoms with Gasteiger partial charge in [-0.2, -0.15) is 0 Å². The monoisotopic (exact) mass is 410 g/mol. The Bertz CT molecular complexity index is 294. The molecule has 0 aromatic rings. The van der Waals surface area contributed by atoms with Crippen LogP contribution in [0.15, 0.2) is 4.99 Å². The Morgan fingerprint density at radius 3 is 2.52 bits per heavy atom. The third-order valence-electron chi connectivity index (χ3n) is 4.20. The molecule has 0 aliphatic carbocycles. The van der Waals surface area contributed by atoms with Gasteiger partial charge in [-0.25, -0.2) is 0 Å². The summed E-state index contributed by atoms with van der Waals surface area (Å²) in [6, 6.07) is 1.14. The number of hydrogen-bond acceptors (Lipinski definition) is 2. The molecule has 4 nitrogen and oxygen atoms in total. The number of nitrogens with one attached hydrogen (secondary N) is 2. The van der Waals surface area contributed by atoms with E-state index in [-0.39, 0.29) is 24.0 Å². The van der Waals surface area contributed by atoms with Crippen LogP contribution >= 0.6 is 24.0 Å². The van der Waals surface area contributed by atoms with Crippen LogP contribution in [-0.4, -0.2) is 50.1 Å². The molecular formula is C16H35IN4. The van der Waals surface area contributed by atoms with E-state index in [1.165, 1.54) is 38.6 Å². The van der Waals surface area contributed by atoms with E-state index in [0.717, 1.165) is 18.4 Å². The molecule has 1 aliphatic heterocycles. The highest BCUT2D eigenvalue weighted by molar-refractivity contribution is 14.0. The van der Waals surface area contributed by atoms with Crippen LogP contribution in [-0.2, 0) is 0 Å². The molecule has 0 bridgehead atoms. The van der Waals surface area contributed by atoms with Gasteiger partial charge in [0.25, 0.3) is 0 Å². The predicted octanol–water partition coefficient (Wildman–Crippen LogP) is 3.08. The van der Waals surface area contributed by atoms with Crippen molar-refractivity contribution in [2.75, 3.05) is 27.2 Å². The van der Waals surface area contributed by atoms with Crippen molar-refractivity contribution in [3.05, 3.63) is 0 Å². The zero-order valence-corrected chi connectivity index (χ0v) is 16.8. The summed E-state index contributed by atoms with van der Waals surface area (Å²) in [4.78, 5) is 6.77. The highest BCUT2D eigenvalue weighted by Gasteiger charge is 2.20. The van der Waals surface area contributed by atoms with Crippen molar-refractivity contribution < 1.29 is 0 Å². The van der Waals surface area contributed by atoms with E-state index in [0.29, 0.717) is 12.1 Å². The average Bonchev–Trinajstić information content (AvgIpc) is 2.79. The van der Waals surface area contributed by atoms with E-state index < -0.39 is 0 Å². The summed E-state index contributed by atoms with van der Waals surface area (Å²) >= 11 is 0. The number of aliphatic imine (C=N–C) groups is 1. The van der Waals surface area contributed by atoms with Crippen LogP contribution in [0.3, 0.4) is 0 Å². The molecule has 1 rings (SSSR count). The second kappa shape index (κ2) is 11.5. The van der Waals surface area contributed by atoms with Gasteiger partial charge in [-0.1, -0.05) is 26.7 Å². The Kier molecular flexibility index (Phi) is 11.5. The standard InChI is InChI=1S/C16H34N4.HI/c1-13(2)8-6-9-14(3)19-16(17-4)18-12-15-10-7-11-20(15)5;/h13-15H,6-12H2,1-5H3,(H2,17,18,19);1H. The highest BCUT2D eigenvalue weighted by Crippen LogP contribution is 2.13. The van der Waals surface area contributed by atoms with Crippen LogP contribution in [0.4, 0.5) is 0 Å². The molecule has 0 saturated carbocycles. The zero-order chi connectivity index (χ0) is 15.0. The molecule has 2 atom stereocenters. The molecule has 1 saturated heterocycles. The van der Waals surface area contributed by atoms with E-state index in [1.54, 1.807) is 0 Å². The minimum Gasteiger partial charge on any atom is -0.355 e. The average molecular weight is 410 g/mol. The van der Waals surface area contributed by atoms with Crippen LogP contribution in [0.1, 0.15) is 52.9 Å². The summed E-state index contributed by atoms with van der Waals surface area (Å²) in [6.45, 7) is 9.04. The van der Waals surface area contributed by atoms with Gasteiger partial charge in [0.1, 0.15) is 0 Å². The summed E-state index contributed by atoms with van der Waals surface area (Å²) in [5.41, 5.74) is 0. The first kappa shape index (κ1) is 21.0. The molecule has 5 heteroatoms. The summed E-state index contributed by atoms with van der Waals surface area (Å²) in [7, 11) is 4.07. The van der Waals surface area contributed by atoms with Crippen molar-refractivity contribution >= 4 is 29.9 Å². The second-order valence-corrected chi connectivity index (χ2v) is 6.60. The van der Waals surface area contributed by atoms with Gasteiger partial charge >= 0.3 is 0 Å². The number of likely N-dealkylation sites (tertiary alicyclic amines) is 1. The first-order valence-electron chi connectivity index (χ1n) is 8.20. The van der Waals surface area contributed by atoms with E-state index >= 15 is 0 Å². The van der Waals surface area contributed by atoms with E-state index in [4.69, 9.17) is 0 Å². The topological polar surface area (TPSA) is 39.7 Å². The highest BCUT2D eigenvalue weighted by atomic mass is 127. The van der Waals surface area contributed by atoms with Gasteiger partial charge in [0.2, 0.25) is 0 Å². The molecule has 2 unspecified atom stereocenters. The van der Waals surface area contributed by atoms with Crippen molar-refractivity contribution in [1.29, 1.82) is 0 Å². The van der Waals surface area contributed by atoms with E-state index in [2.05, 4.69) is 48.3 Å². The Morgan fingerprint density at radius 2 is 2.00 bits per heavy atom. The maximum atomic E-state index is 4.33. The molecule has 1 fully saturated rings. The molecule has 0 aromatic carbocycles. The largest absolute Gasteiger partial charge is 0.355 e. The van der Waals surface area contributed by atoms with Crippen molar-refractivity contribution in [2.24, 2.45) is 10.9 Å². The van der Waals surface area contributed by atoms with Crippen LogP contribution in [0.2, 0.25) is 0 Å². The van der Waals surface area contributed by atoms with Gasteiger partial charge in [-0.3, -0.25) is 4.99 Å². The van der Waals surface area contributed by atoms with Gasteiger partial charge in [0.15, 0.2) is 5.96 Å². The second-order valence-electron chi connectivity index (χ2n) is 6.60. The first-order chi connectivity index (χ1) is 9.52. The van der Waals surface area contributed by atoms with Gasteiger partial charge in [0, 0.05) is 25.7 Å². The molecule has 0 radical (unpaired) electrons. The van der Waals surface area contributed by atoms with Crippen molar-refractivity contribution in [3.63, 3.8) is 0 Å². The molecule has 2 N–H and O–H groups in total. The van der Waals surface area contributed by atoms with Gasteiger partial charge in [0.05, 0.1) is 0 Å². The maximum absolute atomic E-state index is 4.33. The molecule has 1 heterocycles. The van der Waals surface area contributed by atoms with Crippen molar-refractivity contribution in [1.82, 2.24) is 15.5 Å². The molecule has 0 amide bonds. The fraction of sp³-hybridized carbons (Fsp3) is 0.938. The summed E-state index contributed by atoms with van der Waals surface area (Å²) in [5, 5.41) is 6.97. The number of hydrogen-bond donors (Lipinski definition) is 2. The Hall–Kier alpha value is -0.0400. The molecule has 1 aliphatic rings. The summed E-state index contributed by atoms with van der Waals surface area (Å²) in [6.07, 6.45) is 6.42. The van der Waals surface area contributed by atoms with Crippen LogP contribution in [0.5, 0.6) is 0 Å². The summed E-state index contributed by atoms with van der Waals surface area (Å²) < 4.78 is 0. The maximum Gasteiger partial charge on any atom is 0.191 e. The normalized spacial score (nSPS) is 21.2. The van der Waals surface area contributed by atoms with E-state index in [1.807, 2.05) is 7.05 Å². The number of likely N-dealkylation sites (N-methyl/N-ethyl adjacent to an activating group) is 1. The number of guanidine groups is 1. The quantitative estimate of drug-likeness (QED) is 0.385. The number of halogens is 1. The van der Waals surface area contributed by atoms with Crippen molar-refractivity contribution in [2.45, 2.75) is 65.0 Å². The van der Waals surface area contributed by atoms with Crippen LogP contribution < -0.4 is 10.6 Å². The fourth-order valence-corrected chi connectivity index (χ4v) is 2.78. The van der Waals surface area contributed by atoms with Gasteiger partial charge < -0.3 is 15.5 Å². The zero-order valence-electron chi connectivity index (χ0n) is 14.5. The predicted molar refractivity (Wildman–Crippen MR) is 104 cm³/mol.